The van der Waals surface area contributed by atoms with E-state index in [2.05, 4.69) is 9.82 Å². The molecule has 0 amide bonds. The molecule has 0 aliphatic carbocycles. The molecule has 0 aliphatic rings. The Labute approximate surface area is 139 Å². The van der Waals surface area contributed by atoms with E-state index in [0.29, 0.717) is 11.4 Å². The highest BCUT2D eigenvalue weighted by atomic mass is 35.5. The minimum atomic E-state index is -3.82. The highest BCUT2D eigenvalue weighted by molar-refractivity contribution is 7.89. The Morgan fingerprint density at radius 1 is 1.39 bits per heavy atom. The third kappa shape index (κ3) is 4.21. The Hall–Kier alpha value is -1.64. The SMILES string of the molecule is Cc1nn(C)c(Cl)c1S(=O)(=O)NC(C)COc1ccc(F)cc1. The van der Waals surface area contributed by atoms with E-state index in [0.717, 1.165) is 0 Å². The van der Waals surface area contributed by atoms with Crippen LogP contribution in [0.2, 0.25) is 5.15 Å². The predicted molar refractivity (Wildman–Crippen MR) is 84.6 cm³/mol. The topological polar surface area (TPSA) is 73.2 Å². The van der Waals surface area contributed by atoms with E-state index in [1.807, 2.05) is 0 Å². The number of sulfonamides is 1. The summed E-state index contributed by atoms with van der Waals surface area (Å²) in [5, 5.41) is 4.03. The fraction of sp³-hybridized carbons (Fsp3) is 0.357. The zero-order valence-electron chi connectivity index (χ0n) is 12.9. The maximum atomic E-state index is 12.8. The lowest BCUT2D eigenvalue weighted by atomic mass is 10.3. The number of nitrogens with zero attached hydrogens (tertiary/aromatic N) is 2. The van der Waals surface area contributed by atoms with Gasteiger partial charge in [0.25, 0.3) is 0 Å². The third-order valence-electron chi connectivity index (χ3n) is 3.04. The molecule has 6 nitrogen and oxygen atoms in total. The molecule has 1 aromatic heterocycles. The van der Waals surface area contributed by atoms with Gasteiger partial charge in [0, 0.05) is 7.05 Å². The molecule has 126 valence electrons. The highest BCUT2D eigenvalue weighted by Crippen LogP contribution is 2.24. The number of ether oxygens (including phenoxy) is 1. The van der Waals surface area contributed by atoms with Gasteiger partial charge in [-0.05, 0) is 38.1 Å². The molecule has 0 radical (unpaired) electrons. The molecule has 9 heteroatoms. The van der Waals surface area contributed by atoms with Gasteiger partial charge >= 0.3 is 0 Å². The van der Waals surface area contributed by atoms with Crippen LogP contribution in [0.15, 0.2) is 29.2 Å². The molecule has 0 bridgehead atoms. The molecule has 0 saturated carbocycles. The van der Waals surface area contributed by atoms with Crippen LogP contribution in [0.5, 0.6) is 5.75 Å². The van der Waals surface area contributed by atoms with E-state index in [1.165, 1.54) is 28.9 Å². The van der Waals surface area contributed by atoms with Crippen LogP contribution >= 0.6 is 11.6 Å². The van der Waals surface area contributed by atoms with E-state index in [9.17, 15) is 12.8 Å². The summed E-state index contributed by atoms with van der Waals surface area (Å²) in [5.74, 6) is 0.0841. The second-order valence-electron chi connectivity index (χ2n) is 5.12. The molecule has 0 aliphatic heterocycles. The first-order valence-corrected chi connectivity index (χ1v) is 8.66. The molecule has 0 spiro atoms. The number of hydrogen-bond acceptors (Lipinski definition) is 4. The number of hydrogen-bond donors (Lipinski definition) is 1. The fourth-order valence-electron chi connectivity index (χ4n) is 2.03. The smallest absolute Gasteiger partial charge is 0.245 e. The van der Waals surface area contributed by atoms with Crippen LogP contribution in [0.4, 0.5) is 4.39 Å². The summed E-state index contributed by atoms with van der Waals surface area (Å²) in [4.78, 5) is -0.0460. The van der Waals surface area contributed by atoms with Gasteiger partial charge in [0.2, 0.25) is 10.0 Å². The van der Waals surface area contributed by atoms with Crippen LogP contribution < -0.4 is 9.46 Å². The van der Waals surface area contributed by atoms with Gasteiger partial charge in [0.1, 0.15) is 28.2 Å². The second kappa shape index (κ2) is 6.86. The first kappa shape index (κ1) is 17.7. The molecule has 1 N–H and O–H groups in total. The van der Waals surface area contributed by atoms with Crippen molar-refractivity contribution in [1.82, 2.24) is 14.5 Å². The van der Waals surface area contributed by atoms with Crippen LogP contribution in [0.1, 0.15) is 12.6 Å². The normalized spacial score (nSPS) is 13.1. The number of aromatic nitrogens is 2. The Morgan fingerprint density at radius 3 is 2.52 bits per heavy atom. The van der Waals surface area contributed by atoms with Gasteiger partial charge in [-0.25, -0.2) is 17.5 Å². The van der Waals surface area contributed by atoms with Crippen molar-refractivity contribution in [2.45, 2.75) is 24.8 Å². The zero-order chi connectivity index (χ0) is 17.2. The number of halogens is 2. The molecule has 23 heavy (non-hydrogen) atoms. The maximum Gasteiger partial charge on any atom is 0.245 e. The summed E-state index contributed by atoms with van der Waals surface area (Å²) in [7, 11) is -2.25. The maximum absolute atomic E-state index is 12.8. The summed E-state index contributed by atoms with van der Waals surface area (Å²) in [5.41, 5.74) is 0.316. The first-order chi connectivity index (χ1) is 10.7. The van der Waals surface area contributed by atoms with Gasteiger partial charge in [-0.1, -0.05) is 11.6 Å². The predicted octanol–water partition coefficient (Wildman–Crippen LogP) is 2.27. The molecule has 0 fully saturated rings. The molecule has 1 heterocycles. The van der Waals surface area contributed by atoms with E-state index in [1.54, 1.807) is 20.9 Å². The van der Waals surface area contributed by atoms with E-state index < -0.39 is 16.1 Å². The molecular weight excluding hydrogens is 345 g/mol. The van der Waals surface area contributed by atoms with Crippen LogP contribution in [0.25, 0.3) is 0 Å². The summed E-state index contributed by atoms with van der Waals surface area (Å²) < 4.78 is 46.8. The fourth-order valence-corrected chi connectivity index (χ4v) is 4.00. The summed E-state index contributed by atoms with van der Waals surface area (Å²) in [6.45, 7) is 3.31. The van der Waals surface area contributed by atoms with Crippen molar-refractivity contribution >= 4 is 21.6 Å². The Balaban J connectivity index is 2.03. The van der Waals surface area contributed by atoms with Gasteiger partial charge in [0.15, 0.2) is 0 Å². The summed E-state index contributed by atoms with van der Waals surface area (Å²) >= 11 is 5.98. The van der Waals surface area contributed by atoms with Crippen molar-refractivity contribution in [3.05, 3.63) is 40.9 Å². The van der Waals surface area contributed by atoms with Gasteiger partial charge < -0.3 is 4.74 Å². The third-order valence-corrected chi connectivity index (χ3v) is 5.32. The van der Waals surface area contributed by atoms with Crippen LogP contribution in [-0.2, 0) is 17.1 Å². The average Bonchev–Trinajstić information content (AvgIpc) is 2.71. The lowest BCUT2D eigenvalue weighted by Gasteiger charge is -2.15. The van der Waals surface area contributed by atoms with Crippen molar-refractivity contribution in [1.29, 1.82) is 0 Å². The van der Waals surface area contributed by atoms with Gasteiger partial charge in [-0.2, -0.15) is 5.10 Å². The van der Waals surface area contributed by atoms with Crippen molar-refractivity contribution in [3.63, 3.8) is 0 Å². The molecular formula is C14H17ClFN3O3S. The molecule has 0 saturated heterocycles. The molecule has 2 aromatic rings. The van der Waals surface area contributed by atoms with E-state index in [-0.39, 0.29) is 22.5 Å². The number of nitrogens with one attached hydrogen (secondary N) is 1. The van der Waals surface area contributed by atoms with E-state index in [4.69, 9.17) is 16.3 Å². The van der Waals surface area contributed by atoms with E-state index >= 15 is 0 Å². The van der Waals surface area contributed by atoms with Crippen LogP contribution in [0.3, 0.4) is 0 Å². The lowest BCUT2D eigenvalue weighted by Crippen LogP contribution is -2.37. The summed E-state index contributed by atoms with van der Waals surface area (Å²) in [6, 6.07) is 4.96. The van der Waals surface area contributed by atoms with Crippen molar-refractivity contribution < 1.29 is 17.5 Å². The standard InChI is InChI=1S/C14H17ClFN3O3S/c1-9(8-22-12-6-4-11(16)5-7-12)18-23(20,21)13-10(2)17-19(3)14(13)15/h4-7,9,18H,8H2,1-3H3. The Morgan fingerprint density at radius 2 is 2.00 bits per heavy atom. The second-order valence-corrected chi connectivity index (χ2v) is 7.13. The molecule has 2 rings (SSSR count). The number of rotatable bonds is 6. The van der Waals surface area contributed by atoms with Gasteiger partial charge in [0.05, 0.1) is 11.7 Å². The van der Waals surface area contributed by atoms with Gasteiger partial charge in [-0.3, -0.25) is 4.68 Å². The average molecular weight is 362 g/mol. The first-order valence-electron chi connectivity index (χ1n) is 6.80. The minimum Gasteiger partial charge on any atom is -0.492 e. The molecule has 1 aromatic carbocycles. The number of benzene rings is 1. The van der Waals surface area contributed by atoms with Crippen molar-refractivity contribution in [2.75, 3.05) is 6.61 Å². The van der Waals surface area contributed by atoms with Crippen molar-refractivity contribution in [3.8, 4) is 5.75 Å². The van der Waals surface area contributed by atoms with Gasteiger partial charge in [-0.15, -0.1) is 0 Å². The Kier molecular flexibility index (Phi) is 5.28. The quantitative estimate of drug-likeness (QED) is 0.856. The number of aryl methyl sites for hydroxylation is 2. The molecule has 1 atom stereocenters. The zero-order valence-corrected chi connectivity index (χ0v) is 14.4. The van der Waals surface area contributed by atoms with Crippen molar-refractivity contribution in [2.24, 2.45) is 7.05 Å². The Bertz CT molecular complexity index is 790. The minimum absolute atomic E-state index is 0.0432. The van der Waals surface area contributed by atoms with Crippen LogP contribution in [0, 0.1) is 12.7 Å². The largest absolute Gasteiger partial charge is 0.492 e. The summed E-state index contributed by atoms with van der Waals surface area (Å²) in [6.07, 6.45) is 0. The van der Waals surface area contributed by atoms with Crippen LogP contribution in [-0.4, -0.2) is 30.8 Å². The lowest BCUT2D eigenvalue weighted by molar-refractivity contribution is 0.287. The monoisotopic (exact) mass is 361 g/mol. The highest BCUT2D eigenvalue weighted by Gasteiger charge is 2.26. The molecule has 1 unspecified atom stereocenters.